The molecule has 1 saturated heterocycles. The number of rotatable bonds is 4. The summed E-state index contributed by atoms with van der Waals surface area (Å²) in [5, 5.41) is 9.80. The van der Waals surface area contributed by atoms with E-state index in [9.17, 15) is 4.79 Å². The molecule has 4 heteroatoms. The van der Waals surface area contributed by atoms with Crippen LogP contribution in [0.4, 0.5) is 0 Å². The molecule has 1 aliphatic carbocycles. The minimum Gasteiger partial charge on any atom is -0.354 e. The summed E-state index contributed by atoms with van der Waals surface area (Å²) >= 11 is 0. The molecule has 0 aromatic rings. The molecule has 1 amide bonds. The molecule has 104 valence electrons. The Labute approximate surface area is 110 Å². The molecule has 0 spiro atoms. The van der Waals surface area contributed by atoms with Gasteiger partial charge < -0.3 is 16.0 Å². The van der Waals surface area contributed by atoms with Crippen molar-refractivity contribution in [2.75, 3.05) is 19.6 Å². The second-order valence-electron chi connectivity index (χ2n) is 6.05. The van der Waals surface area contributed by atoms with Crippen LogP contribution < -0.4 is 16.0 Å². The molecular formula is C14H27N3O. The summed E-state index contributed by atoms with van der Waals surface area (Å²) in [6.07, 6.45) is 6.38. The summed E-state index contributed by atoms with van der Waals surface area (Å²) in [6, 6.07) is 0.405. The zero-order valence-corrected chi connectivity index (χ0v) is 11.7. The van der Waals surface area contributed by atoms with E-state index in [1.807, 2.05) is 0 Å². The van der Waals surface area contributed by atoms with Crippen LogP contribution in [-0.2, 0) is 4.79 Å². The third-order valence-corrected chi connectivity index (χ3v) is 4.71. The molecule has 1 heterocycles. The van der Waals surface area contributed by atoms with Crippen LogP contribution in [0.3, 0.4) is 0 Å². The van der Waals surface area contributed by atoms with Gasteiger partial charge in [-0.2, -0.15) is 0 Å². The van der Waals surface area contributed by atoms with Gasteiger partial charge >= 0.3 is 0 Å². The molecule has 2 fully saturated rings. The average Bonchev–Trinajstić information content (AvgIpc) is 2.86. The Hall–Kier alpha value is -0.610. The molecule has 0 radical (unpaired) electrons. The van der Waals surface area contributed by atoms with Crippen LogP contribution in [-0.4, -0.2) is 37.6 Å². The van der Waals surface area contributed by atoms with Gasteiger partial charge in [0.1, 0.15) is 0 Å². The lowest BCUT2D eigenvalue weighted by Gasteiger charge is -2.31. The van der Waals surface area contributed by atoms with E-state index in [4.69, 9.17) is 0 Å². The molecule has 1 aliphatic heterocycles. The summed E-state index contributed by atoms with van der Waals surface area (Å²) in [4.78, 5) is 12.1. The highest BCUT2D eigenvalue weighted by molar-refractivity contribution is 5.82. The summed E-state index contributed by atoms with van der Waals surface area (Å²) in [6.45, 7) is 6.85. The molecule has 2 rings (SSSR count). The number of piperazine rings is 1. The third-order valence-electron chi connectivity index (χ3n) is 4.71. The van der Waals surface area contributed by atoms with Gasteiger partial charge in [-0.3, -0.25) is 4.79 Å². The zero-order chi connectivity index (χ0) is 13.0. The topological polar surface area (TPSA) is 53.2 Å². The van der Waals surface area contributed by atoms with Crippen molar-refractivity contribution in [2.45, 2.75) is 58.0 Å². The first-order chi connectivity index (χ1) is 8.65. The first-order valence-corrected chi connectivity index (χ1v) is 7.40. The Morgan fingerprint density at radius 1 is 1.28 bits per heavy atom. The van der Waals surface area contributed by atoms with Crippen molar-refractivity contribution in [3.63, 3.8) is 0 Å². The molecule has 18 heavy (non-hydrogen) atoms. The van der Waals surface area contributed by atoms with E-state index in [0.717, 1.165) is 19.6 Å². The number of amides is 1. The Kier molecular flexibility index (Phi) is 4.62. The average molecular weight is 253 g/mol. The van der Waals surface area contributed by atoms with Gasteiger partial charge in [0, 0.05) is 25.7 Å². The van der Waals surface area contributed by atoms with Crippen molar-refractivity contribution in [3.05, 3.63) is 0 Å². The lowest BCUT2D eigenvalue weighted by Crippen LogP contribution is -2.59. The van der Waals surface area contributed by atoms with Crippen LogP contribution in [0.5, 0.6) is 0 Å². The van der Waals surface area contributed by atoms with Crippen LogP contribution in [0.25, 0.3) is 0 Å². The van der Waals surface area contributed by atoms with E-state index in [1.165, 1.54) is 32.1 Å². The lowest BCUT2D eigenvalue weighted by molar-refractivity contribution is -0.124. The van der Waals surface area contributed by atoms with Crippen LogP contribution in [0.2, 0.25) is 0 Å². The Bertz CT molecular complexity index is 279. The minimum atomic E-state index is -0.0588. The third kappa shape index (κ3) is 3.23. The maximum Gasteiger partial charge on any atom is 0.238 e. The standard InChI is InChI=1S/C14H27N3O/c1-3-14(6-4-5-7-14)10-17-13(18)12-9-15-11(2)8-16-12/h11-12,15-16H,3-10H2,1-2H3,(H,17,18). The van der Waals surface area contributed by atoms with Crippen molar-refractivity contribution in [2.24, 2.45) is 5.41 Å². The highest BCUT2D eigenvalue weighted by Crippen LogP contribution is 2.40. The van der Waals surface area contributed by atoms with E-state index in [2.05, 4.69) is 29.8 Å². The maximum absolute atomic E-state index is 12.1. The quantitative estimate of drug-likeness (QED) is 0.701. The first kappa shape index (κ1) is 13.8. The Morgan fingerprint density at radius 3 is 2.56 bits per heavy atom. The predicted molar refractivity (Wildman–Crippen MR) is 73.5 cm³/mol. The SMILES string of the molecule is CCC1(CNC(=O)C2CNC(C)CN2)CCCC1. The number of hydrogen-bond acceptors (Lipinski definition) is 3. The van der Waals surface area contributed by atoms with Crippen LogP contribution in [0.1, 0.15) is 46.0 Å². The molecule has 1 saturated carbocycles. The molecule has 2 atom stereocenters. The Morgan fingerprint density at radius 2 is 2.00 bits per heavy atom. The van der Waals surface area contributed by atoms with Gasteiger partial charge in [-0.1, -0.05) is 19.8 Å². The number of carbonyl (C=O) groups excluding carboxylic acids is 1. The van der Waals surface area contributed by atoms with Crippen LogP contribution in [0.15, 0.2) is 0 Å². The van der Waals surface area contributed by atoms with Crippen LogP contribution in [0, 0.1) is 5.41 Å². The summed E-state index contributed by atoms with van der Waals surface area (Å²) in [7, 11) is 0. The largest absolute Gasteiger partial charge is 0.354 e. The van der Waals surface area contributed by atoms with Gasteiger partial charge in [0.2, 0.25) is 5.91 Å². The monoisotopic (exact) mass is 253 g/mol. The minimum absolute atomic E-state index is 0.0588. The number of nitrogens with one attached hydrogen (secondary N) is 3. The molecular weight excluding hydrogens is 226 g/mol. The lowest BCUT2D eigenvalue weighted by atomic mass is 9.83. The van der Waals surface area contributed by atoms with E-state index in [-0.39, 0.29) is 11.9 Å². The molecule has 4 nitrogen and oxygen atoms in total. The molecule has 2 aliphatic rings. The number of carbonyl (C=O) groups is 1. The van der Waals surface area contributed by atoms with Crippen LogP contribution >= 0.6 is 0 Å². The summed E-state index contributed by atoms with van der Waals surface area (Å²) in [5.74, 6) is 0.161. The molecule has 2 unspecified atom stereocenters. The van der Waals surface area contributed by atoms with E-state index in [1.54, 1.807) is 0 Å². The van der Waals surface area contributed by atoms with Crippen molar-refractivity contribution in [1.82, 2.24) is 16.0 Å². The molecule has 3 N–H and O–H groups in total. The fourth-order valence-corrected chi connectivity index (χ4v) is 3.15. The molecule has 0 aromatic heterocycles. The van der Waals surface area contributed by atoms with Gasteiger partial charge in [-0.15, -0.1) is 0 Å². The number of hydrogen-bond donors (Lipinski definition) is 3. The first-order valence-electron chi connectivity index (χ1n) is 7.40. The van der Waals surface area contributed by atoms with E-state index < -0.39 is 0 Å². The highest BCUT2D eigenvalue weighted by Gasteiger charge is 2.33. The molecule has 0 bridgehead atoms. The van der Waals surface area contributed by atoms with Gasteiger partial charge in [0.05, 0.1) is 6.04 Å². The summed E-state index contributed by atoms with van der Waals surface area (Å²) < 4.78 is 0. The fourth-order valence-electron chi connectivity index (χ4n) is 3.15. The van der Waals surface area contributed by atoms with Crippen molar-refractivity contribution in [3.8, 4) is 0 Å². The highest BCUT2D eigenvalue weighted by atomic mass is 16.2. The van der Waals surface area contributed by atoms with Crippen molar-refractivity contribution < 1.29 is 4.79 Å². The van der Waals surface area contributed by atoms with Crippen molar-refractivity contribution >= 4 is 5.91 Å². The van der Waals surface area contributed by atoms with Gasteiger partial charge in [0.15, 0.2) is 0 Å². The smallest absolute Gasteiger partial charge is 0.238 e. The Balaban J connectivity index is 1.77. The van der Waals surface area contributed by atoms with E-state index in [0.29, 0.717) is 11.5 Å². The predicted octanol–water partition coefficient (Wildman–Crippen LogP) is 1.02. The van der Waals surface area contributed by atoms with Gasteiger partial charge in [-0.25, -0.2) is 0 Å². The normalized spacial score (nSPS) is 31.2. The fraction of sp³-hybridized carbons (Fsp3) is 0.929. The zero-order valence-electron chi connectivity index (χ0n) is 11.7. The van der Waals surface area contributed by atoms with Gasteiger partial charge in [-0.05, 0) is 31.6 Å². The summed E-state index contributed by atoms with van der Waals surface area (Å²) in [5.41, 5.74) is 0.380. The maximum atomic E-state index is 12.1. The second-order valence-corrected chi connectivity index (χ2v) is 6.05. The molecule has 0 aromatic carbocycles. The second kappa shape index (κ2) is 6.02. The van der Waals surface area contributed by atoms with Crippen molar-refractivity contribution in [1.29, 1.82) is 0 Å². The van der Waals surface area contributed by atoms with E-state index >= 15 is 0 Å². The van der Waals surface area contributed by atoms with Gasteiger partial charge in [0.25, 0.3) is 0 Å².